The van der Waals surface area contributed by atoms with Crippen LogP contribution in [0.1, 0.15) is 18.9 Å². The molecule has 2 N–H and O–H groups in total. The second kappa shape index (κ2) is 8.50. The van der Waals surface area contributed by atoms with Crippen LogP contribution in [0.3, 0.4) is 0 Å². The Morgan fingerprint density at radius 2 is 2.05 bits per heavy atom. The van der Waals surface area contributed by atoms with Crippen molar-refractivity contribution in [1.29, 1.82) is 0 Å². The molecule has 1 aromatic rings. The lowest BCUT2D eigenvalue weighted by molar-refractivity contribution is 0.0667. The van der Waals surface area contributed by atoms with E-state index >= 15 is 0 Å². The van der Waals surface area contributed by atoms with Crippen molar-refractivity contribution in [3.63, 3.8) is 0 Å². The molecule has 0 spiro atoms. The van der Waals surface area contributed by atoms with Gasteiger partial charge in [-0.3, -0.25) is 0 Å². The minimum absolute atomic E-state index is 0.235. The number of carbonyl (C=O) groups is 1. The van der Waals surface area contributed by atoms with Crippen LogP contribution in [0.2, 0.25) is 0 Å². The van der Waals surface area contributed by atoms with E-state index in [2.05, 4.69) is 0 Å². The van der Waals surface area contributed by atoms with Gasteiger partial charge in [0.15, 0.2) is 0 Å². The third-order valence-corrected chi connectivity index (χ3v) is 2.79. The van der Waals surface area contributed by atoms with Crippen LogP contribution in [0.15, 0.2) is 30.3 Å². The zero-order valence-electron chi connectivity index (χ0n) is 11.2. The fourth-order valence-corrected chi connectivity index (χ4v) is 1.59. The fraction of sp³-hybridized carbons (Fsp3) is 0.500. The highest BCUT2D eigenvalue weighted by molar-refractivity contribution is 5.67. The van der Waals surface area contributed by atoms with Gasteiger partial charge in [0.1, 0.15) is 6.61 Å². The van der Waals surface area contributed by atoms with Crippen LogP contribution in [0.5, 0.6) is 0 Å². The van der Waals surface area contributed by atoms with Crippen molar-refractivity contribution >= 4 is 6.09 Å². The molecule has 0 heterocycles. The zero-order valence-corrected chi connectivity index (χ0v) is 11.2. The van der Waals surface area contributed by atoms with Crippen LogP contribution < -0.4 is 0 Å². The van der Waals surface area contributed by atoms with E-state index in [1.807, 2.05) is 37.3 Å². The summed E-state index contributed by atoms with van der Waals surface area (Å²) in [5.41, 5.74) is 0.933. The molecule has 19 heavy (non-hydrogen) atoms. The van der Waals surface area contributed by atoms with Crippen LogP contribution in [0.4, 0.5) is 4.79 Å². The molecular formula is C14H21NO4. The summed E-state index contributed by atoms with van der Waals surface area (Å²) >= 11 is 0. The van der Waals surface area contributed by atoms with Crippen LogP contribution >= 0.6 is 0 Å². The average molecular weight is 267 g/mol. The number of amides is 1. The second-order valence-corrected chi connectivity index (χ2v) is 4.24. The Hall–Kier alpha value is -1.59. The molecule has 0 saturated carbocycles. The Morgan fingerprint density at radius 1 is 1.37 bits per heavy atom. The van der Waals surface area contributed by atoms with Gasteiger partial charge in [-0.1, -0.05) is 30.3 Å². The molecule has 1 amide bonds. The minimum atomic E-state index is -0.795. The summed E-state index contributed by atoms with van der Waals surface area (Å²) in [6.45, 7) is 2.65. The first-order valence-corrected chi connectivity index (χ1v) is 6.42. The summed E-state index contributed by atoms with van der Waals surface area (Å²) in [5, 5.41) is 18.0. The first-order chi connectivity index (χ1) is 9.17. The number of ether oxygens (including phenoxy) is 1. The van der Waals surface area contributed by atoms with Gasteiger partial charge >= 0.3 is 6.09 Å². The van der Waals surface area contributed by atoms with Crippen molar-refractivity contribution in [3.05, 3.63) is 35.9 Å². The summed E-state index contributed by atoms with van der Waals surface area (Å²) in [4.78, 5) is 13.3. The van der Waals surface area contributed by atoms with Crippen molar-refractivity contribution < 1.29 is 19.7 Å². The van der Waals surface area contributed by atoms with Crippen molar-refractivity contribution in [1.82, 2.24) is 4.90 Å². The predicted octanol–water partition coefficient (Wildman–Crippen LogP) is 1.39. The van der Waals surface area contributed by atoms with Gasteiger partial charge in [-0.25, -0.2) is 4.79 Å². The number of carbonyl (C=O) groups excluding carboxylic acids is 1. The largest absolute Gasteiger partial charge is 0.445 e. The molecule has 1 atom stereocenters. The summed E-state index contributed by atoms with van der Waals surface area (Å²) in [7, 11) is 0. The first-order valence-electron chi connectivity index (χ1n) is 6.42. The van der Waals surface area contributed by atoms with E-state index in [0.29, 0.717) is 19.5 Å². The number of rotatable bonds is 7. The molecule has 0 fully saturated rings. The molecule has 5 heteroatoms. The van der Waals surface area contributed by atoms with Crippen molar-refractivity contribution in [3.8, 4) is 0 Å². The van der Waals surface area contributed by atoms with E-state index < -0.39 is 12.2 Å². The Labute approximate surface area is 113 Å². The minimum Gasteiger partial charge on any atom is -0.445 e. The van der Waals surface area contributed by atoms with E-state index in [0.717, 1.165) is 5.56 Å². The Morgan fingerprint density at radius 3 is 2.63 bits per heavy atom. The molecule has 0 aliphatic rings. The number of benzene rings is 1. The average Bonchev–Trinajstić information content (AvgIpc) is 2.46. The Bertz CT molecular complexity index is 369. The predicted molar refractivity (Wildman–Crippen MR) is 71.6 cm³/mol. The standard InChI is InChI=1S/C14H21NO4/c1-2-15(9-8-13(17)10-16)14(18)19-11-12-6-4-3-5-7-12/h3-7,13,16-17H,2,8-11H2,1H3/t13-/m0/s1. The van der Waals surface area contributed by atoms with Crippen LogP contribution in [-0.4, -0.2) is 47.0 Å². The molecule has 0 aromatic heterocycles. The highest BCUT2D eigenvalue weighted by Gasteiger charge is 2.14. The van der Waals surface area contributed by atoms with E-state index in [4.69, 9.17) is 9.84 Å². The summed E-state index contributed by atoms with van der Waals surface area (Å²) in [6.07, 6.45) is -0.863. The lowest BCUT2D eigenvalue weighted by atomic mass is 10.2. The number of nitrogens with zero attached hydrogens (tertiary/aromatic N) is 1. The van der Waals surface area contributed by atoms with Gasteiger partial charge in [0.05, 0.1) is 12.7 Å². The third kappa shape index (κ3) is 5.72. The Balaban J connectivity index is 2.37. The molecule has 1 aromatic carbocycles. The van der Waals surface area contributed by atoms with E-state index in [1.165, 1.54) is 4.90 Å². The SMILES string of the molecule is CCN(CC[C@H](O)CO)C(=O)OCc1ccccc1. The maximum Gasteiger partial charge on any atom is 0.410 e. The van der Waals surface area contributed by atoms with E-state index in [9.17, 15) is 9.90 Å². The summed E-state index contributed by atoms with van der Waals surface area (Å²) < 4.78 is 5.19. The van der Waals surface area contributed by atoms with Crippen molar-refractivity contribution in [2.75, 3.05) is 19.7 Å². The smallest absolute Gasteiger partial charge is 0.410 e. The maximum atomic E-state index is 11.8. The van der Waals surface area contributed by atoms with Crippen LogP contribution in [0.25, 0.3) is 0 Å². The maximum absolute atomic E-state index is 11.8. The molecule has 0 bridgehead atoms. The van der Waals surface area contributed by atoms with E-state index in [1.54, 1.807) is 0 Å². The number of aliphatic hydroxyl groups excluding tert-OH is 2. The highest BCUT2D eigenvalue weighted by atomic mass is 16.6. The quantitative estimate of drug-likeness (QED) is 0.783. The fourth-order valence-electron chi connectivity index (χ4n) is 1.59. The zero-order chi connectivity index (χ0) is 14.1. The lowest BCUT2D eigenvalue weighted by Crippen LogP contribution is -2.34. The first kappa shape index (κ1) is 15.5. The molecule has 0 unspecified atom stereocenters. The highest BCUT2D eigenvalue weighted by Crippen LogP contribution is 2.04. The lowest BCUT2D eigenvalue weighted by Gasteiger charge is -2.21. The molecule has 0 radical (unpaired) electrons. The molecule has 106 valence electrons. The number of hydrogen-bond acceptors (Lipinski definition) is 4. The molecule has 1 rings (SSSR count). The summed E-state index contributed by atoms with van der Waals surface area (Å²) in [6, 6.07) is 9.45. The molecule has 0 aliphatic heterocycles. The monoisotopic (exact) mass is 267 g/mol. The van der Waals surface area contributed by atoms with Crippen LogP contribution in [-0.2, 0) is 11.3 Å². The van der Waals surface area contributed by atoms with Gasteiger partial charge in [-0.05, 0) is 18.9 Å². The van der Waals surface area contributed by atoms with Gasteiger partial charge in [0.2, 0.25) is 0 Å². The van der Waals surface area contributed by atoms with Gasteiger partial charge in [-0.15, -0.1) is 0 Å². The van der Waals surface area contributed by atoms with Gasteiger partial charge in [0, 0.05) is 13.1 Å². The van der Waals surface area contributed by atoms with Gasteiger partial charge < -0.3 is 19.8 Å². The number of hydrogen-bond donors (Lipinski definition) is 2. The molecule has 5 nitrogen and oxygen atoms in total. The molecule has 0 saturated heterocycles. The van der Waals surface area contributed by atoms with E-state index in [-0.39, 0.29) is 13.2 Å². The third-order valence-electron chi connectivity index (χ3n) is 2.79. The molecule has 0 aliphatic carbocycles. The van der Waals surface area contributed by atoms with Gasteiger partial charge in [-0.2, -0.15) is 0 Å². The normalized spacial score (nSPS) is 11.9. The Kier molecular flexibility index (Phi) is 6.92. The number of aliphatic hydroxyl groups is 2. The molecular weight excluding hydrogens is 246 g/mol. The van der Waals surface area contributed by atoms with Crippen LogP contribution in [0, 0.1) is 0 Å². The van der Waals surface area contributed by atoms with Crippen molar-refractivity contribution in [2.24, 2.45) is 0 Å². The topological polar surface area (TPSA) is 70.0 Å². The summed E-state index contributed by atoms with van der Waals surface area (Å²) in [5.74, 6) is 0. The second-order valence-electron chi connectivity index (χ2n) is 4.24. The van der Waals surface area contributed by atoms with Gasteiger partial charge in [0.25, 0.3) is 0 Å². The van der Waals surface area contributed by atoms with Crippen molar-refractivity contribution in [2.45, 2.75) is 26.1 Å².